The second-order valence-electron chi connectivity index (χ2n) is 6.07. The minimum atomic E-state index is -3.92. The van der Waals surface area contributed by atoms with Crippen LogP contribution >= 0.6 is 0 Å². The largest absolute Gasteiger partial charge is 0.360 e. The number of halogens is 1. The Bertz CT molecular complexity index is 754. The van der Waals surface area contributed by atoms with Gasteiger partial charge >= 0.3 is 11.8 Å². The molecule has 2 rings (SSSR count). The van der Waals surface area contributed by atoms with E-state index < -0.39 is 33.9 Å². The summed E-state index contributed by atoms with van der Waals surface area (Å²) in [7, 11) is -3.92. The normalized spacial score (nSPS) is 18.1. The average Bonchev–Trinajstić information content (AvgIpc) is 2.66. The van der Waals surface area contributed by atoms with E-state index in [0.717, 1.165) is 29.3 Å². The number of carbonyl (C=O) groups is 2. The summed E-state index contributed by atoms with van der Waals surface area (Å²) in [5.74, 6) is -2.16. The van der Waals surface area contributed by atoms with Crippen LogP contribution in [0.2, 0.25) is 0 Å². The molecule has 8 nitrogen and oxygen atoms in total. The number of unbranched alkanes of at least 4 members (excludes halogenated alkanes) is 1. The highest BCUT2D eigenvalue weighted by atomic mass is 32.2. The lowest BCUT2D eigenvalue weighted by Crippen LogP contribution is -2.53. The quantitative estimate of drug-likeness (QED) is 0.514. The van der Waals surface area contributed by atoms with E-state index in [4.69, 9.17) is 4.74 Å². The van der Waals surface area contributed by atoms with Gasteiger partial charge in [-0.3, -0.25) is 9.59 Å². The number of ether oxygens (including phenoxy) is 1. The Morgan fingerprint density at radius 3 is 2.56 bits per heavy atom. The van der Waals surface area contributed by atoms with Gasteiger partial charge in [0, 0.05) is 13.1 Å². The van der Waals surface area contributed by atoms with Crippen molar-refractivity contribution in [3.8, 4) is 0 Å². The molecule has 0 radical (unpaired) electrons. The van der Waals surface area contributed by atoms with Gasteiger partial charge in [-0.1, -0.05) is 13.3 Å². The Morgan fingerprint density at radius 2 is 1.89 bits per heavy atom. The van der Waals surface area contributed by atoms with Crippen LogP contribution < -0.4 is 10.6 Å². The van der Waals surface area contributed by atoms with Crippen LogP contribution in [0.15, 0.2) is 29.2 Å². The highest BCUT2D eigenvalue weighted by Gasteiger charge is 2.34. The van der Waals surface area contributed by atoms with Crippen molar-refractivity contribution in [2.75, 3.05) is 26.2 Å². The summed E-state index contributed by atoms with van der Waals surface area (Å²) < 4.78 is 45.2. The van der Waals surface area contributed by atoms with Gasteiger partial charge in [-0.15, -0.1) is 0 Å². The smallest absolute Gasteiger partial charge is 0.309 e. The molecule has 2 amide bonds. The third-order valence-corrected chi connectivity index (χ3v) is 5.94. The Hall–Kier alpha value is -2.04. The molecule has 1 aromatic rings. The molecule has 0 bridgehead atoms. The maximum absolute atomic E-state index is 13.1. The van der Waals surface area contributed by atoms with Gasteiger partial charge in [-0.2, -0.15) is 4.31 Å². The molecule has 1 heterocycles. The fourth-order valence-corrected chi connectivity index (χ4v) is 4.13. The summed E-state index contributed by atoms with van der Waals surface area (Å²) >= 11 is 0. The monoisotopic (exact) mass is 401 g/mol. The van der Waals surface area contributed by atoms with Crippen molar-refractivity contribution in [2.45, 2.75) is 37.3 Å². The first-order valence-corrected chi connectivity index (χ1v) is 10.2. The van der Waals surface area contributed by atoms with Crippen molar-refractivity contribution >= 4 is 21.8 Å². The van der Waals surface area contributed by atoms with E-state index in [0.29, 0.717) is 19.6 Å². The molecule has 0 aliphatic carbocycles. The van der Waals surface area contributed by atoms with E-state index in [-0.39, 0.29) is 18.0 Å². The van der Waals surface area contributed by atoms with E-state index >= 15 is 0 Å². The minimum absolute atomic E-state index is 0.0666. The zero-order chi connectivity index (χ0) is 19.9. The van der Waals surface area contributed by atoms with E-state index in [1.165, 1.54) is 12.1 Å². The first kappa shape index (κ1) is 21.3. The summed E-state index contributed by atoms with van der Waals surface area (Å²) in [5, 5.41) is 4.88. The molecule has 10 heteroatoms. The molecule has 0 aromatic heterocycles. The number of benzene rings is 1. The van der Waals surface area contributed by atoms with Crippen molar-refractivity contribution in [1.29, 1.82) is 0 Å². The van der Waals surface area contributed by atoms with Gasteiger partial charge in [0.05, 0.1) is 18.0 Å². The van der Waals surface area contributed by atoms with E-state index in [1.54, 1.807) is 0 Å². The maximum atomic E-state index is 13.1. The van der Waals surface area contributed by atoms with Gasteiger partial charge in [0.25, 0.3) is 0 Å². The number of amides is 2. The highest BCUT2D eigenvalue weighted by Crippen LogP contribution is 2.22. The van der Waals surface area contributed by atoms with Gasteiger partial charge in [-0.05, 0) is 37.1 Å². The van der Waals surface area contributed by atoms with Crippen LogP contribution in [-0.2, 0) is 24.3 Å². The zero-order valence-electron chi connectivity index (χ0n) is 15.1. The third kappa shape index (κ3) is 5.72. The first-order chi connectivity index (χ1) is 12.9. The Morgan fingerprint density at radius 1 is 1.22 bits per heavy atom. The fraction of sp³-hybridized carbons (Fsp3) is 0.529. The van der Waals surface area contributed by atoms with Crippen LogP contribution in [0, 0.1) is 5.82 Å². The van der Waals surface area contributed by atoms with Crippen molar-refractivity contribution in [3.63, 3.8) is 0 Å². The Labute approximate surface area is 158 Å². The van der Waals surface area contributed by atoms with Crippen LogP contribution in [0.4, 0.5) is 4.39 Å². The third-order valence-electron chi connectivity index (χ3n) is 4.03. The summed E-state index contributed by atoms with van der Waals surface area (Å²) in [6.45, 7) is 2.72. The van der Waals surface area contributed by atoms with Crippen molar-refractivity contribution in [3.05, 3.63) is 30.1 Å². The lowest BCUT2D eigenvalue weighted by molar-refractivity contribution is -0.140. The number of carbonyl (C=O) groups excluding carboxylic acids is 2. The summed E-state index contributed by atoms with van der Waals surface area (Å²) in [6, 6.07) is 4.48. The molecule has 1 fully saturated rings. The summed E-state index contributed by atoms with van der Waals surface area (Å²) in [4.78, 5) is 23.5. The summed E-state index contributed by atoms with van der Waals surface area (Å²) in [6.07, 6.45) is 1.19. The van der Waals surface area contributed by atoms with Crippen molar-refractivity contribution < 1.29 is 27.1 Å². The number of rotatable bonds is 7. The number of hydrogen-bond donors (Lipinski definition) is 2. The van der Waals surface area contributed by atoms with Gasteiger partial charge < -0.3 is 15.4 Å². The van der Waals surface area contributed by atoms with Crippen LogP contribution in [0.25, 0.3) is 0 Å². The molecule has 1 aliphatic heterocycles. The molecule has 0 saturated carbocycles. The topological polar surface area (TPSA) is 105 Å². The second kappa shape index (κ2) is 9.77. The maximum Gasteiger partial charge on any atom is 0.309 e. The molecule has 150 valence electrons. The lowest BCUT2D eigenvalue weighted by atomic mass is 10.3. The number of nitrogens with one attached hydrogen (secondary N) is 2. The Balaban J connectivity index is 2.01. The first-order valence-electron chi connectivity index (χ1n) is 8.81. The predicted octanol–water partition coefficient (Wildman–Crippen LogP) is 0.595. The number of hydrogen-bond acceptors (Lipinski definition) is 5. The average molecular weight is 401 g/mol. The van der Waals surface area contributed by atoms with Gasteiger partial charge in [0.15, 0.2) is 0 Å². The predicted molar refractivity (Wildman–Crippen MR) is 95.6 cm³/mol. The van der Waals surface area contributed by atoms with E-state index in [2.05, 4.69) is 10.6 Å². The van der Waals surface area contributed by atoms with E-state index in [9.17, 15) is 22.4 Å². The molecular formula is C17H24FN3O5S. The van der Waals surface area contributed by atoms with Gasteiger partial charge in [-0.25, -0.2) is 12.8 Å². The molecule has 0 spiro atoms. The number of nitrogens with zero attached hydrogens (tertiary/aromatic N) is 1. The molecule has 27 heavy (non-hydrogen) atoms. The molecular weight excluding hydrogens is 377 g/mol. The highest BCUT2D eigenvalue weighted by molar-refractivity contribution is 7.89. The number of sulfonamides is 1. The second-order valence-corrected chi connectivity index (χ2v) is 7.96. The van der Waals surface area contributed by atoms with E-state index in [1.807, 2.05) is 6.92 Å². The standard InChI is InChI=1S/C17H24FN3O5S/c1-2-3-9-19-16(22)17(23)20-12-15-21(10-4-11-26-15)27(24,25)14-7-5-13(18)6-8-14/h5-8,15H,2-4,9-12H2,1H3,(H,19,22)(H,20,23)/t15-/m0/s1. The molecule has 1 aromatic carbocycles. The zero-order valence-corrected chi connectivity index (χ0v) is 15.9. The van der Waals surface area contributed by atoms with Gasteiger partial charge in [0.1, 0.15) is 12.0 Å². The van der Waals surface area contributed by atoms with Crippen LogP contribution in [0.3, 0.4) is 0 Å². The summed E-state index contributed by atoms with van der Waals surface area (Å²) in [5.41, 5.74) is 0. The molecule has 1 saturated heterocycles. The molecule has 0 unspecified atom stereocenters. The van der Waals surface area contributed by atoms with Gasteiger partial charge in [0.2, 0.25) is 10.0 Å². The van der Waals surface area contributed by atoms with Crippen LogP contribution in [0.1, 0.15) is 26.2 Å². The minimum Gasteiger partial charge on any atom is -0.360 e. The van der Waals surface area contributed by atoms with Crippen molar-refractivity contribution in [2.24, 2.45) is 0 Å². The van der Waals surface area contributed by atoms with Crippen LogP contribution in [0.5, 0.6) is 0 Å². The SMILES string of the molecule is CCCCNC(=O)C(=O)NC[C@@H]1OCCCN1S(=O)(=O)c1ccc(F)cc1. The lowest BCUT2D eigenvalue weighted by Gasteiger charge is -2.34. The molecule has 2 N–H and O–H groups in total. The molecule has 1 atom stereocenters. The molecule has 1 aliphatic rings. The van der Waals surface area contributed by atoms with Crippen molar-refractivity contribution in [1.82, 2.24) is 14.9 Å². The fourth-order valence-electron chi connectivity index (χ4n) is 2.56. The van der Waals surface area contributed by atoms with Crippen LogP contribution in [-0.4, -0.2) is 57.0 Å². The Kier molecular flexibility index (Phi) is 7.69.